The van der Waals surface area contributed by atoms with Crippen molar-refractivity contribution in [3.8, 4) is 0 Å². The van der Waals surface area contributed by atoms with E-state index in [0.29, 0.717) is 31.9 Å². The lowest BCUT2D eigenvalue weighted by Crippen LogP contribution is -2.42. The van der Waals surface area contributed by atoms with Crippen LogP contribution >= 0.6 is 0 Å². The molecular formula is C11H15N3O3. The van der Waals surface area contributed by atoms with Crippen molar-refractivity contribution in [1.29, 1.82) is 0 Å². The Kier molecular flexibility index (Phi) is 3.23. The third-order valence-electron chi connectivity index (χ3n) is 3.15. The van der Waals surface area contributed by atoms with Crippen LogP contribution in [0, 0.1) is 0 Å². The number of rotatable bonds is 2. The average molecular weight is 237 g/mol. The number of nitrogens with two attached hydrogens (primary N) is 1. The number of esters is 1. The van der Waals surface area contributed by atoms with Crippen LogP contribution in [0.5, 0.6) is 0 Å². The number of carbonyl (C=O) groups excluding carboxylic acids is 1. The van der Waals surface area contributed by atoms with E-state index in [9.17, 15) is 4.79 Å². The molecule has 0 unspecified atom stereocenters. The van der Waals surface area contributed by atoms with Gasteiger partial charge in [-0.25, -0.2) is 0 Å². The lowest BCUT2D eigenvalue weighted by atomic mass is 9.75. The van der Waals surface area contributed by atoms with E-state index in [0.717, 1.165) is 5.56 Å². The highest BCUT2D eigenvalue weighted by Crippen LogP contribution is 2.36. The maximum atomic E-state index is 12.0. The second-order valence-corrected chi connectivity index (χ2v) is 4.06. The number of carbonyl (C=O) groups is 1. The Bertz CT molecular complexity index is 416. The Morgan fingerprint density at radius 3 is 2.82 bits per heavy atom. The minimum atomic E-state index is -0.697. The van der Waals surface area contributed by atoms with Crippen LogP contribution in [0.25, 0.3) is 0 Å². The zero-order valence-corrected chi connectivity index (χ0v) is 9.68. The molecule has 0 atom stereocenters. The van der Waals surface area contributed by atoms with Gasteiger partial charge in [-0.15, -0.1) is 5.10 Å². The van der Waals surface area contributed by atoms with Crippen LogP contribution < -0.4 is 5.73 Å². The minimum Gasteiger partial charge on any atom is -0.468 e. The van der Waals surface area contributed by atoms with Crippen LogP contribution in [0.15, 0.2) is 12.3 Å². The molecule has 2 rings (SSSR count). The molecule has 2 heterocycles. The summed E-state index contributed by atoms with van der Waals surface area (Å²) in [6.45, 7) is 1.05. The van der Waals surface area contributed by atoms with E-state index in [1.54, 1.807) is 12.3 Å². The summed E-state index contributed by atoms with van der Waals surface area (Å²) in [5, 5.41) is 7.49. The normalized spacial score (nSPS) is 18.6. The summed E-state index contributed by atoms with van der Waals surface area (Å²) in [5.41, 5.74) is 5.66. The predicted molar refractivity (Wildman–Crippen MR) is 60.2 cm³/mol. The highest BCUT2D eigenvalue weighted by atomic mass is 16.5. The third-order valence-corrected chi connectivity index (χ3v) is 3.15. The van der Waals surface area contributed by atoms with Gasteiger partial charge in [0.2, 0.25) is 0 Å². The molecule has 0 spiro atoms. The summed E-state index contributed by atoms with van der Waals surface area (Å²) >= 11 is 0. The van der Waals surface area contributed by atoms with Crippen molar-refractivity contribution in [3.63, 3.8) is 0 Å². The van der Waals surface area contributed by atoms with Crippen molar-refractivity contribution in [1.82, 2.24) is 10.2 Å². The number of aromatic nitrogens is 2. The van der Waals surface area contributed by atoms with Gasteiger partial charge in [-0.05, 0) is 24.5 Å². The van der Waals surface area contributed by atoms with Crippen LogP contribution in [0.3, 0.4) is 0 Å². The van der Waals surface area contributed by atoms with Crippen molar-refractivity contribution >= 4 is 11.8 Å². The minimum absolute atomic E-state index is 0.270. The van der Waals surface area contributed by atoms with Crippen LogP contribution in [0.1, 0.15) is 18.4 Å². The van der Waals surface area contributed by atoms with Crippen molar-refractivity contribution in [2.75, 3.05) is 26.1 Å². The second-order valence-electron chi connectivity index (χ2n) is 4.06. The Balaban J connectivity index is 2.42. The number of ether oxygens (including phenoxy) is 2. The topological polar surface area (TPSA) is 87.3 Å². The predicted octanol–water partition coefficient (Wildman–Crippen LogP) is 0.280. The van der Waals surface area contributed by atoms with Gasteiger partial charge >= 0.3 is 5.97 Å². The van der Waals surface area contributed by atoms with E-state index in [-0.39, 0.29) is 5.97 Å². The zero-order valence-electron chi connectivity index (χ0n) is 9.68. The molecule has 2 N–H and O–H groups in total. The van der Waals surface area contributed by atoms with Gasteiger partial charge in [-0.1, -0.05) is 0 Å². The molecule has 92 valence electrons. The quantitative estimate of drug-likeness (QED) is 0.743. The molecule has 0 amide bonds. The molecule has 0 aromatic carbocycles. The molecule has 17 heavy (non-hydrogen) atoms. The van der Waals surface area contributed by atoms with Crippen molar-refractivity contribution in [3.05, 3.63) is 17.8 Å². The molecule has 0 bridgehead atoms. The second kappa shape index (κ2) is 4.67. The first-order chi connectivity index (χ1) is 8.19. The first kappa shape index (κ1) is 11.8. The van der Waals surface area contributed by atoms with Crippen molar-refractivity contribution < 1.29 is 14.3 Å². The van der Waals surface area contributed by atoms with Crippen LogP contribution in [0.2, 0.25) is 0 Å². The molecule has 1 aromatic heterocycles. The third kappa shape index (κ3) is 2.08. The van der Waals surface area contributed by atoms with E-state index >= 15 is 0 Å². The largest absolute Gasteiger partial charge is 0.468 e. The van der Waals surface area contributed by atoms with Gasteiger partial charge in [0.1, 0.15) is 5.82 Å². The van der Waals surface area contributed by atoms with Gasteiger partial charge in [0.25, 0.3) is 0 Å². The standard InChI is InChI=1S/C11H15N3O3/c1-16-10(15)11(2-4-17-5-3-11)8-6-9(12)14-13-7-8/h6-7H,2-5H2,1H3,(H2,12,14). The maximum Gasteiger partial charge on any atom is 0.316 e. The molecule has 0 saturated carbocycles. The van der Waals surface area contributed by atoms with Gasteiger partial charge in [0.15, 0.2) is 0 Å². The van der Waals surface area contributed by atoms with Crippen LogP contribution in [-0.4, -0.2) is 36.5 Å². The summed E-state index contributed by atoms with van der Waals surface area (Å²) < 4.78 is 10.2. The number of methoxy groups -OCH3 is 1. The SMILES string of the molecule is COC(=O)C1(c2cnnc(N)c2)CCOCC1. The first-order valence-corrected chi connectivity index (χ1v) is 5.44. The lowest BCUT2D eigenvalue weighted by molar-refractivity contribution is -0.151. The number of nitrogens with zero attached hydrogens (tertiary/aromatic N) is 2. The first-order valence-electron chi connectivity index (χ1n) is 5.44. The van der Waals surface area contributed by atoms with E-state index in [1.807, 2.05) is 0 Å². The smallest absolute Gasteiger partial charge is 0.316 e. The molecular weight excluding hydrogens is 222 g/mol. The van der Waals surface area contributed by atoms with Crippen LogP contribution in [0.4, 0.5) is 5.82 Å². The number of nitrogen functional groups attached to an aromatic ring is 1. The highest BCUT2D eigenvalue weighted by molar-refractivity contribution is 5.83. The van der Waals surface area contributed by atoms with Gasteiger partial charge in [0.05, 0.1) is 18.7 Å². The Morgan fingerprint density at radius 1 is 1.53 bits per heavy atom. The molecule has 0 aliphatic carbocycles. The lowest BCUT2D eigenvalue weighted by Gasteiger charge is -2.34. The highest BCUT2D eigenvalue weighted by Gasteiger charge is 2.43. The fourth-order valence-corrected chi connectivity index (χ4v) is 2.17. The van der Waals surface area contributed by atoms with Gasteiger partial charge in [-0.3, -0.25) is 4.79 Å². The van der Waals surface area contributed by atoms with Crippen molar-refractivity contribution in [2.24, 2.45) is 0 Å². The number of anilines is 1. The van der Waals surface area contributed by atoms with Crippen LogP contribution in [-0.2, 0) is 19.7 Å². The summed E-state index contributed by atoms with van der Waals surface area (Å²) in [5.74, 6) is 0.0328. The molecule has 0 radical (unpaired) electrons. The molecule has 1 saturated heterocycles. The van der Waals surface area contributed by atoms with E-state index in [2.05, 4.69) is 10.2 Å². The van der Waals surface area contributed by atoms with Gasteiger partial charge < -0.3 is 15.2 Å². The summed E-state index contributed by atoms with van der Waals surface area (Å²) in [6.07, 6.45) is 2.72. The summed E-state index contributed by atoms with van der Waals surface area (Å²) in [4.78, 5) is 12.0. The number of hydrogen-bond acceptors (Lipinski definition) is 6. The van der Waals surface area contributed by atoms with Gasteiger partial charge in [0, 0.05) is 13.2 Å². The molecule has 1 aliphatic rings. The molecule has 1 fully saturated rings. The molecule has 6 nitrogen and oxygen atoms in total. The Hall–Kier alpha value is -1.69. The Labute approximate surface area is 99.1 Å². The monoisotopic (exact) mass is 237 g/mol. The fourth-order valence-electron chi connectivity index (χ4n) is 2.17. The summed E-state index contributed by atoms with van der Waals surface area (Å²) in [6, 6.07) is 1.68. The molecule has 1 aliphatic heterocycles. The van der Waals surface area contributed by atoms with E-state index < -0.39 is 5.41 Å². The average Bonchev–Trinajstić information content (AvgIpc) is 2.38. The van der Waals surface area contributed by atoms with E-state index in [4.69, 9.17) is 15.2 Å². The summed E-state index contributed by atoms with van der Waals surface area (Å²) in [7, 11) is 1.39. The maximum absolute atomic E-state index is 12.0. The molecule has 6 heteroatoms. The fraction of sp³-hybridized carbons (Fsp3) is 0.545. The van der Waals surface area contributed by atoms with Crippen molar-refractivity contribution in [2.45, 2.75) is 18.3 Å². The van der Waals surface area contributed by atoms with E-state index in [1.165, 1.54) is 7.11 Å². The zero-order chi connectivity index (χ0) is 12.3. The Morgan fingerprint density at radius 2 is 2.24 bits per heavy atom. The molecule has 1 aromatic rings. The number of hydrogen-bond donors (Lipinski definition) is 1. The van der Waals surface area contributed by atoms with Gasteiger partial charge in [-0.2, -0.15) is 5.10 Å².